The molecule has 0 aromatic heterocycles. The van der Waals surface area contributed by atoms with Crippen molar-refractivity contribution in [2.45, 2.75) is 32.2 Å². The highest BCUT2D eigenvalue weighted by atomic mass is 16.5. The molecule has 32 heavy (non-hydrogen) atoms. The third kappa shape index (κ3) is 4.83. The molecule has 1 atom stereocenters. The highest BCUT2D eigenvalue weighted by molar-refractivity contribution is 5.93. The topological polar surface area (TPSA) is 58.6 Å². The van der Waals surface area contributed by atoms with Crippen molar-refractivity contribution in [2.75, 3.05) is 19.0 Å². The van der Waals surface area contributed by atoms with E-state index in [0.29, 0.717) is 12.2 Å². The summed E-state index contributed by atoms with van der Waals surface area (Å²) in [7, 11) is 1.60. The summed E-state index contributed by atoms with van der Waals surface area (Å²) in [4.78, 5) is 27.6. The second-order valence-corrected chi connectivity index (χ2v) is 8.13. The SMILES string of the molecule is COc1ccc(NC(=O)CCC(=O)N2CCc3ccc(C)cc3C2c2ccccc2)cc1. The highest BCUT2D eigenvalue weighted by Crippen LogP contribution is 2.36. The Hall–Kier alpha value is -3.60. The summed E-state index contributed by atoms with van der Waals surface area (Å²) in [6, 6.07) is 23.6. The van der Waals surface area contributed by atoms with E-state index in [2.05, 4.69) is 42.6 Å². The van der Waals surface area contributed by atoms with Gasteiger partial charge in [0.1, 0.15) is 5.75 Å². The summed E-state index contributed by atoms with van der Waals surface area (Å²) in [6.07, 6.45) is 1.14. The minimum absolute atomic E-state index is 0.00381. The van der Waals surface area contributed by atoms with Crippen LogP contribution in [0.4, 0.5) is 5.69 Å². The first-order valence-electron chi connectivity index (χ1n) is 10.9. The summed E-state index contributed by atoms with van der Waals surface area (Å²) >= 11 is 0. The predicted molar refractivity (Wildman–Crippen MR) is 126 cm³/mol. The fourth-order valence-electron chi connectivity index (χ4n) is 4.26. The predicted octanol–water partition coefficient (Wildman–Crippen LogP) is 4.90. The zero-order valence-electron chi connectivity index (χ0n) is 18.5. The lowest BCUT2D eigenvalue weighted by molar-refractivity contribution is -0.134. The fourth-order valence-corrected chi connectivity index (χ4v) is 4.26. The van der Waals surface area contributed by atoms with Crippen LogP contribution in [0.5, 0.6) is 5.75 Å². The molecule has 4 rings (SSSR count). The molecular weight excluding hydrogens is 400 g/mol. The molecule has 164 valence electrons. The van der Waals surface area contributed by atoms with Gasteiger partial charge < -0.3 is 15.0 Å². The first-order chi connectivity index (χ1) is 15.5. The molecule has 1 aliphatic rings. The molecule has 0 radical (unpaired) electrons. The number of hydrogen-bond acceptors (Lipinski definition) is 3. The summed E-state index contributed by atoms with van der Waals surface area (Å²) < 4.78 is 5.14. The number of rotatable bonds is 6. The summed E-state index contributed by atoms with van der Waals surface area (Å²) in [5.74, 6) is 0.551. The van der Waals surface area contributed by atoms with Crippen molar-refractivity contribution in [3.8, 4) is 5.75 Å². The van der Waals surface area contributed by atoms with Crippen molar-refractivity contribution >= 4 is 17.5 Å². The maximum Gasteiger partial charge on any atom is 0.224 e. The minimum Gasteiger partial charge on any atom is -0.497 e. The van der Waals surface area contributed by atoms with Gasteiger partial charge in [0.15, 0.2) is 0 Å². The van der Waals surface area contributed by atoms with E-state index >= 15 is 0 Å². The Morgan fingerprint density at radius 2 is 1.75 bits per heavy atom. The second kappa shape index (κ2) is 9.69. The molecule has 1 unspecified atom stereocenters. The Kier molecular flexibility index (Phi) is 6.55. The molecule has 0 aliphatic carbocycles. The molecule has 1 aliphatic heterocycles. The average molecular weight is 429 g/mol. The first-order valence-corrected chi connectivity index (χ1v) is 10.9. The monoisotopic (exact) mass is 428 g/mol. The first kappa shape index (κ1) is 21.6. The largest absolute Gasteiger partial charge is 0.497 e. The van der Waals surface area contributed by atoms with Gasteiger partial charge in [-0.1, -0.05) is 54.1 Å². The zero-order valence-corrected chi connectivity index (χ0v) is 18.5. The second-order valence-electron chi connectivity index (χ2n) is 8.13. The van der Waals surface area contributed by atoms with Crippen LogP contribution in [0.15, 0.2) is 72.8 Å². The van der Waals surface area contributed by atoms with E-state index in [0.717, 1.165) is 17.7 Å². The van der Waals surface area contributed by atoms with E-state index in [9.17, 15) is 9.59 Å². The van der Waals surface area contributed by atoms with Gasteiger partial charge in [-0.3, -0.25) is 9.59 Å². The van der Waals surface area contributed by atoms with E-state index in [1.165, 1.54) is 16.7 Å². The van der Waals surface area contributed by atoms with Crippen LogP contribution >= 0.6 is 0 Å². The molecule has 2 amide bonds. The number of nitrogens with zero attached hydrogens (tertiary/aromatic N) is 1. The Morgan fingerprint density at radius 1 is 1.00 bits per heavy atom. The Bertz CT molecular complexity index is 1090. The maximum absolute atomic E-state index is 13.2. The van der Waals surface area contributed by atoms with Crippen LogP contribution in [0.3, 0.4) is 0 Å². The molecule has 3 aromatic carbocycles. The smallest absolute Gasteiger partial charge is 0.224 e. The summed E-state index contributed by atoms with van der Waals surface area (Å²) in [6.45, 7) is 2.72. The van der Waals surface area contributed by atoms with Crippen LogP contribution in [0.1, 0.15) is 41.1 Å². The van der Waals surface area contributed by atoms with Crippen molar-refractivity contribution in [1.29, 1.82) is 0 Å². The van der Waals surface area contributed by atoms with E-state index < -0.39 is 0 Å². The number of benzene rings is 3. The number of hydrogen-bond donors (Lipinski definition) is 1. The lowest BCUT2D eigenvalue weighted by Crippen LogP contribution is -2.40. The molecule has 0 bridgehead atoms. The van der Waals surface area contributed by atoms with E-state index in [-0.39, 0.29) is 30.7 Å². The van der Waals surface area contributed by atoms with Gasteiger partial charge in [0, 0.05) is 25.1 Å². The average Bonchev–Trinajstić information content (AvgIpc) is 2.82. The van der Waals surface area contributed by atoms with Gasteiger partial charge in [-0.25, -0.2) is 0 Å². The maximum atomic E-state index is 13.2. The number of fused-ring (bicyclic) bond motifs is 1. The Balaban J connectivity index is 1.47. The summed E-state index contributed by atoms with van der Waals surface area (Å²) in [5, 5.41) is 2.85. The molecule has 0 fully saturated rings. The lowest BCUT2D eigenvalue weighted by atomic mass is 9.87. The van der Waals surface area contributed by atoms with Gasteiger partial charge in [0.2, 0.25) is 11.8 Å². The third-order valence-electron chi connectivity index (χ3n) is 5.91. The van der Waals surface area contributed by atoms with Crippen LogP contribution in [0.25, 0.3) is 0 Å². The third-order valence-corrected chi connectivity index (χ3v) is 5.91. The Labute approximate surface area is 189 Å². The van der Waals surface area contributed by atoms with E-state index in [1.807, 2.05) is 23.1 Å². The van der Waals surface area contributed by atoms with E-state index in [4.69, 9.17) is 4.74 Å². The van der Waals surface area contributed by atoms with Crippen LogP contribution in [-0.2, 0) is 16.0 Å². The number of methoxy groups -OCH3 is 1. The molecule has 5 nitrogen and oxygen atoms in total. The van der Waals surface area contributed by atoms with Crippen molar-refractivity contribution in [3.63, 3.8) is 0 Å². The number of carbonyl (C=O) groups is 2. The van der Waals surface area contributed by atoms with Crippen LogP contribution in [-0.4, -0.2) is 30.4 Å². The van der Waals surface area contributed by atoms with Gasteiger partial charge in [-0.05, 0) is 54.3 Å². The highest BCUT2D eigenvalue weighted by Gasteiger charge is 2.32. The van der Waals surface area contributed by atoms with Gasteiger partial charge in [-0.2, -0.15) is 0 Å². The standard InChI is InChI=1S/C27H28N2O3/c1-19-8-9-20-16-17-29(27(24(20)18-19)21-6-4-3-5-7-21)26(31)15-14-25(30)28-22-10-12-23(32-2)13-11-22/h3-13,18,27H,14-17H2,1-2H3,(H,28,30). The Morgan fingerprint density at radius 3 is 2.47 bits per heavy atom. The molecule has 0 saturated heterocycles. The molecule has 5 heteroatoms. The molecule has 0 saturated carbocycles. The molecule has 3 aromatic rings. The molecule has 1 N–H and O–H groups in total. The van der Waals surface area contributed by atoms with Crippen molar-refractivity contribution in [2.24, 2.45) is 0 Å². The fraction of sp³-hybridized carbons (Fsp3) is 0.259. The number of anilines is 1. The van der Waals surface area contributed by atoms with Gasteiger partial charge in [0.05, 0.1) is 13.2 Å². The van der Waals surface area contributed by atoms with E-state index in [1.54, 1.807) is 31.4 Å². The number of carbonyl (C=O) groups excluding carboxylic acids is 2. The molecule has 1 heterocycles. The van der Waals surface area contributed by atoms with Gasteiger partial charge in [0.25, 0.3) is 0 Å². The molecule has 0 spiro atoms. The quantitative estimate of drug-likeness (QED) is 0.608. The van der Waals surface area contributed by atoms with Crippen molar-refractivity contribution in [1.82, 2.24) is 4.90 Å². The summed E-state index contributed by atoms with van der Waals surface area (Å²) in [5.41, 5.74) is 5.42. The number of amides is 2. The molecular formula is C27H28N2O3. The van der Waals surface area contributed by atoms with Gasteiger partial charge >= 0.3 is 0 Å². The normalized spacial score (nSPS) is 15.1. The zero-order chi connectivity index (χ0) is 22.5. The van der Waals surface area contributed by atoms with Crippen LogP contribution < -0.4 is 10.1 Å². The number of nitrogens with one attached hydrogen (secondary N) is 1. The van der Waals surface area contributed by atoms with Crippen LogP contribution in [0.2, 0.25) is 0 Å². The number of ether oxygens (including phenoxy) is 1. The number of aryl methyl sites for hydroxylation is 1. The van der Waals surface area contributed by atoms with Gasteiger partial charge in [-0.15, -0.1) is 0 Å². The van der Waals surface area contributed by atoms with Crippen molar-refractivity contribution < 1.29 is 14.3 Å². The van der Waals surface area contributed by atoms with Crippen LogP contribution in [0, 0.1) is 6.92 Å². The van der Waals surface area contributed by atoms with Crippen molar-refractivity contribution in [3.05, 3.63) is 95.1 Å². The minimum atomic E-state index is -0.173. The lowest BCUT2D eigenvalue weighted by Gasteiger charge is -2.38.